The van der Waals surface area contributed by atoms with Crippen molar-refractivity contribution in [2.45, 2.75) is 6.04 Å². The zero-order valence-corrected chi connectivity index (χ0v) is 10.8. The second-order valence-corrected chi connectivity index (χ2v) is 4.13. The molecular formula is C15H15F2NO. The quantitative estimate of drug-likeness (QED) is 0.914. The molecule has 2 rings (SSSR count). The maximum atomic E-state index is 13.9. The van der Waals surface area contributed by atoms with Gasteiger partial charge in [-0.2, -0.15) is 0 Å². The van der Waals surface area contributed by atoms with Crippen molar-refractivity contribution < 1.29 is 13.5 Å². The van der Waals surface area contributed by atoms with E-state index >= 15 is 0 Å². The van der Waals surface area contributed by atoms with Gasteiger partial charge in [0.15, 0.2) is 0 Å². The molecule has 0 aromatic heterocycles. The molecule has 19 heavy (non-hydrogen) atoms. The van der Waals surface area contributed by atoms with E-state index in [1.807, 2.05) is 18.2 Å². The summed E-state index contributed by atoms with van der Waals surface area (Å²) in [4.78, 5) is 0. The largest absolute Gasteiger partial charge is 0.496 e. The number of halogens is 2. The topological polar surface area (TPSA) is 21.3 Å². The third-order valence-corrected chi connectivity index (χ3v) is 3.01. The predicted molar refractivity (Wildman–Crippen MR) is 70.3 cm³/mol. The Labute approximate surface area is 111 Å². The van der Waals surface area contributed by atoms with Crippen LogP contribution in [0.3, 0.4) is 0 Å². The average Bonchev–Trinajstić information content (AvgIpc) is 2.44. The summed E-state index contributed by atoms with van der Waals surface area (Å²) in [5.41, 5.74) is 1.02. The van der Waals surface area contributed by atoms with Gasteiger partial charge in [0.2, 0.25) is 0 Å². The molecule has 0 aliphatic heterocycles. The third kappa shape index (κ3) is 2.74. The Morgan fingerprint density at radius 3 is 2.47 bits per heavy atom. The molecule has 1 unspecified atom stereocenters. The maximum absolute atomic E-state index is 13.9. The highest BCUT2D eigenvalue weighted by atomic mass is 19.1. The number of hydrogen-bond donors (Lipinski definition) is 1. The Hall–Kier alpha value is -1.94. The molecule has 100 valence electrons. The first-order valence-electron chi connectivity index (χ1n) is 5.92. The van der Waals surface area contributed by atoms with Crippen LogP contribution in [0.2, 0.25) is 0 Å². The van der Waals surface area contributed by atoms with E-state index in [9.17, 15) is 8.78 Å². The summed E-state index contributed by atoms with van der Waals surface area (Å²) in [6.45, 7) is 0. The summed E-state index contributed by atoms with van der Waals surface area (Å²) in [7, 11) is 3.24. The number of nitrogens with one attached hydrogen (secondary N) is 1. The number of para-hydroxylation sites is 1. The Morgan fingerprint density at radius 2 is 1.79 bits per heavy atom. The molecule has 4 heteroatoms. The molecule has 1 N–H and O–H groups in total. The van der Waals surface area contributed by atoms with Gasteiger partial charge in [-0.05, 0) is 31.3 Å². The Bertz CT molecular complexity index is 572. The van der Waals surface area contributed by atoms with Gasteiger partial charge >= 0.3 is 0 Å². The molecule has 0 fully saturated rings. The minimum atomic E-state index is -0.466. The summed E-state index contributed by atoms with van der Waals surface area (Å²) >= 11 is 0. The smallest absolute Gasteiger partial charge is 0.128 e. The molecule has 0 aliphatic rings. The molecule has 2 aromatic rings. The molecule has 0 spiro atoms. The normalized spacial score (nSPS) is 12.2. The standard InChI is InChI=1S/C15H15F2NO/c1-18-15(11-5-3-4-6-14(11)19-2)12-9-10(16)7-8-13(12)17/h3-9,15,18H,1-2H3. The molecule has 0 aliphatic carbocycles. The number of benzene rings is 2. The monoisotopic (exact) mass is 263 g/mol. The van der Waals surface area contributed by atoms with Crippen LogP contribution >= 0.6 is 0 Å². The first kappa shape index (κ1) is 13.5. The first-order valence-corrected chi connectivity index (χ1v) is 5.92. The fraction of sp³-hybridized carbons (Fsp3) is 0.200. The lowest BCUT2D eigenvalue weighted by Crippen LogP contribution is -2.20. The molecule has 2 nitrogen and oxygen atoms in total. The van der Waals surface area contributed by atoms with Crippen LogP contribution in [-0.4, -0.2) is 14.2 Å². The van der Waals surface area contributed by atoms with Gasteiger partial charge in [-0.3, -0.25) is 0 Å². The molecule has 0 amide bonds. The summed E-state index contributed by atoms with van der Waals surface area (Å²) in [5.74, 6) is -0.288. The molecule has 0 radical (unpaired) electrons. The molecule has 1 atom stereocenters. The van der Waals surface area contributed by atoms with Gasteiger partial charge in [0.25, 0.3) is 0 Å². The molecule has 0 saturated heterocycles. The van der Waals surface area contributed by atoms with Crippen LogP contribution < -0.4 is 10.1 Å². The van der Waals surface area contributed by atoms with Crippen LogP contribution in [0.15, 0.2) is 42.5 Å². The van der Waals surface area contributed by atoms with Crippen LogP contribution in [0.5, 0.6) is 5.75 Å². The van der Waals surface area contributed by atoms with E-state index in [2.05, 4.69) is 5.32 Å². The van der Waals surface area contributed by atoms with Crippen molar-refractivity contribution >= 4 is 0 Å². The summed E-state index contributed by atoms with van der Waals surface area (Å²) in [6, 6.07) is 10.2. The van der Waals surface area contributed by atoms with Crippen LogP contribution in [0.4, 0.5) is 8.78 Å². The predicted octanol–water partition coefficient (Wildman–Crippen LogP) is 3.28. The molecule has 0 bridgehead atoms. The minimum absolute atomic E-state index is 0.256. The van der Waals surface area contributed by atoms with E-state index in [1.54, 1.807) is 20.2 Å². The van der Waals surface area contributed by atoms with Crippen molar-refractivity contribution in [3.05, 3.63) is 65.2 Å². The highest BCUT2D eigenvalue weighted by Gasteiger charge is 2.20. The molecule has 0 heterocycles. The lowest BCUT2D eigenvalue weighted by atomic mass is 9.97. The van der Waals surface area contributed by atoms with Crippen molar-refractivity contribution in [3.63, 3.8) is 0 Å². The van der Waals surface area contributed by atoms with Crippen LogP contribution in [0.25, 0.3) is 0 Å². The van der Waals surface area contributed by atoms with Crippen LogP contribution in [-0.2, 0) is 0 Å². The zero-order chi connectivity index (χ0) is 13.8. The highest BCUT2D eigenvalue weighted by molar-refractivity contribution is 5.42. The Balaban J connectivity index is 2.53. The van der Waals surface area contributed by atoms with E-state index in [1.165, 1.54) is 6.07 Å². The van der Waals surface area contributed by atoms with E-state index in [-0.39, 0.29) is 5.56 Å². The van der Waals surface area contributed by atoms with E-state index in [0.29, 0.717) is 5.75 Å². The lowest BCUT2D eigenvalue weighted by molar-refractivity contribution is 0.404. The van der Waals surface area contributed by atoms with Crippen molar-refractivity contribution in [1.29, 1.82) is 0 Å². The molecular weight excluding hydrogens is 248 g/mol. The summed E-state index contributed by atoms with van der Waals surface area (Å²) in [6.07, 6.45) is 0. The fourth-order valence-corrected chi connectivity index (χ4v) is 2.12. The van der Waals surface area contributed by atoms with E-state index in [0.717, 1.165) is 17.7 Å². The molecule has 0 saturated carbocycles. The van der Waals surface area contributed by atoms with Gasteiger partial charge in [-0.15, -0.1) is 0 Å². The number of methoxy groups -OCH3 is 1. The van der Waals surface area contributed by atoms with Gasteiger partial charge in [-0.1, -0.05) is 18.2 Å². The zero-order valence-electron chi connectivity index (χ0n) is 10.8. The van der Waals surface area contributed by atoms with Crippen LogP contribution in [0, 0.1) is 11.6 Å². The summed E-state index contributed by atoms with van der Waals surface area (Å²) < 4.78 is 32.5. The number of ether oxygens (including phenoxy) is 1. The van der Waals surface area contributed by atoms with Gasteiger partial charge in [-0.25, -0.2) is 8.78 Å². The SMILES string of the molecule is CNC(c1cc(F)ccc1F)c1ccccc1OC. The summed E-state index contributed by atoms with van der Waals surface area (Å²) in [5, 5.41) is 2.99. The Kier molecular flexibility index (Phi) is 4.12. The second kappa shape index (κ2) is 5.80. The van der Waals surface area contributed by atoms with Crippen molar-refractivity contribution in [3.8, 4) is 5.75 Å². The second-order valence-electron chi connectivity index (χ2n) is 4.13. The molecule has 2 aromatic carbocycles. The number of hydrogen-bond acceptors (Lipinski definition) is 2. The van der Waals surface area contributed by atoms with E-state index in [4.69, 9.17) is 4.74 Å². The lowest BCUT2D eigenvalue weighted by Gasteiger charge is -2.20. The third-order valence-electron chi connectivity index (χ3n) is 3.01. The van der Waals surface area contributed by atoms with Crippen molar-refractivity contribution in [1.82, 2.24) is 5.32 Å². The van der Waals surface area contributed by atoms with Gasteiger partial charge in [0, 0.05) is 11.1 Å². The Morgan fingerprint density at radius 1 is 1.05 bits per heavy atom. The van der Waals surface area contributed by atoms with E-state index < -0.39 is 17.7 Å². The van der Waals surface area contributed by atoms with Crippen LogP contribution in [0.1, 0.15) is 17.2 Å². The van der Waals surface area contributed by atoms with Gasteiger partial charge in [0.1, 0.15) is 17.4 Å². The van der Waals surface area contributed by atoms with Gasteiger partial charge < -0.3 is 10.1 Å². The maximum Gasteiger partial charge on any atom is 0.128 e. The average molecular weight is 263 g/mol. The fourth-order valence-electron chi connectivity index (χ4n) is 2.12. The van der Waals surface area contributed by atoms with Gasteiger partial charge in [0.05, 0.1) is 13.2 Å². The number of rotatable bonds is 4. The van der Waals surface area contributed by atoms with Crippen molar-refractivity contribution in [2.24, 2.45) is 0 Å². The minimum Gasteiger partial charge on any atom is -0.496 e. The highest BCUT2D eigenvalue weighted by Crippen LogP contribution is 2.31. The first-order chi connectivity index (χ1) is 9.17. The van der Waals surface area contributed by atoms with Crippen molar-refractivity contribution in [2.75, 3.05) is 14.2 Å².